The molecule has 1 aromatic heterocycles. The molecule has 0 spiro atoms. The van der Waals surface area contributed by atoms with Gasteiger partial charge in [-0.15, -0.1) is 0 Å². The zero-order valence-corrected chi connectivity index (χ0v) is 14.1. The molecule has 1 amide bonds. The third kappa shape index (κ3) is 3.47. The Morgan fingerprint density at radius 2 is 2.04 bits per heavy atom. The summed E-state index contributed by atoms with van der Waals surface area (Å²) in [6.45, 7) is 6.94. The molecular weight excluding hydrogens is 292 g/mol. The molecule has 0 bridgehead atoms. The fourth-order valence-corrected chi connectivity index (χ4v) is 2.78. The normalized spacial score (nSPS) is 10.6. The van der Waals surface area contributed by atoms with Crippen molar-refractivity contribution >= 4 is 11.6 Å². The number of amides is 1. The number of rotatable bonds is 6. The van der Waals surface area contributed by atoms with Gasteiger partial charge in [0.1, 0.15) is 0 Å². The molecular formula is C17H24N4O2. The molecule has 0 atom stereocenters. The Hall–Kier alpha value is -2.50. The van der Waals surface area contributed by atoms with E-state index in [1.54, 1.807) is 17.8 Å². The molecule has 0 fully saturated rings. The predicted molar refractivity (Wildman–Crippen MR) is 91.9 cm³/mol. The van der Waals surface area contributed by atoms with Crippen LogP contribution < -0.4 is 16.2 Å². The Kier molecular flexibility index (Phi) is 5.26. The molecule has 0 radical (unpaired) electrons. The topological polar surface area (TPSA) is 78.9 Å². The van der Waals surface area contributed by atoms with E-state index in [1.807, 2.05) is 32.9 Å². The zero-order valence-electron chi connectivity index (χ0n) is 14.1. The summed E-state index contributed by atoms with van der Waals surface area (Å²) in [4.78, 5) is 24.4. The first-order valence-electron chi connectivity index (χ1n) is 7.88. The van der Waals surface area contributed by atoms with Crippen molar-refractivity contribution in [3.05, 3.63) is 50.9 Å². The average molecular weight is 316 g/mol. The zero-order chi connectivity index (χ0) is 17.0. The number of carbonyl (C=O) groups excluding carboxylic acids is 1. The van der Waals surface area contributed by atoms with Crippen LogP contribution in [-0.2, 0) is 20.0 Å². The molecule has 0 aliphatic rings. The lowest BCUT2D eigenvalue weighted by Crippen LogP contribution is -2.26. The minimum Gasteiger partial charge on any atom is -0.385 e. The lowest BCUT2D eigenvalue weighted by atomic mass is 10.1. The van der Waals surface area contributed by atoms with Crippen molar-refractivity contribution in [1.29, 1.82) is 0 Å². The van der Waals surface area contributed by atoms with Gasteiger partial charge in [-0.25, -0.2) is 0 Å². The number of nitrogens with zero attached hydrogens (tertiary/aromatic N) is 1. The van der Waals surface area contributed by atoms with Crippen LogP contribution in [0.1, 0.15) is 41.0 Å². The standard InChI is InChI=1S/C17H24N4O2/c1-5-15-13(17(23)20-21(15)4)10-19-16(22)12-8-7-9-14(11(12)3)18-6-2/h7-9,18H,5-6,10H2,1-4H3,(H,19,22)(H,20,23). The number of aromatic amines is 1. The molecule has 0 aliphatic heterocycles. The first-order valence-corrected chi connectivity index (χ1v) is 7.88. The maximum Gasteiger partial charge on any atom is 0.269 e. The van der Waals surface area contributed by atoms with Crippen LogP contribution in [0.4, 0.5) is 5.69 Å². The van der Waals surface area contributed by atoms with Crippen molar-refractivity contribution < 1.29 is 4.79 Å². The third-order valence-electron chi connectivity index (χ3n) is 4.00. The quantitative estimate of drug-likeness (QED) is 0.762. The lowest BCUT2D eigenvalue weighted by molar-refractivity contribution is 0.0950. The van der Waals surface area contributed by atoms with Crippen LogP contribution in [-0.4, -0.2) is 22.2 Å². The summed E-state index contributed by atoms with van der Waals surface area (Å²) in [7, 11) is 1.80. The van der Waals surface area contributed by atoms with Crippen LogP contribution >= 0.6 is 0 Å². The van der Waals surface area contributed by atoms with Crippen molar-refractivity contribution in [3.8, 4) is 0 Å². The number of aromatic nitrogens is 2. The minimum atomic E-state index is -0.174. The van der Waals surface area contributed by atoms with Gasteiger partial charge in [-0.05, 0) is 38.0 Å². The predicted octanol–water partition coefficient (Wildman–Crippen LogP) is 1.95. The summed E-state index contributed by atoms with van der Waals surface area (Å²) in [5.41, 5.74) is 3.85. The largest absolute Gasteiger partial charge is 0.385 e. The Balaban J connectivity index is 2.18. The van der Waals surface area contributed by atoms with E-state index < -0.39 is 0 Å². The number of anilines is 1. The van der Waals surface area contributed by atoms with Crippen LogP contribution in [0.2, 0.25) is 0 Å². The highest BCUT2D eigenvalue weighted by molar-refractivity contribution is 5.97. The van der Waals surface area contributed by atoms with Gasteiger partial charge in [-0.1, -0.05) is 13.0 Å². The van der Waals surface area contributed by atoms with Gasteiger partial charge in [-0.3, -0.25) is 19.4 Å². The van der Waals surface area contributed by atoms with Crippen LogP contribution in [0.5, 0.6) is 0 Å². The lowest BCUT2D eigenvalue weighted by Gasteiger charge is -2.12. The molecule has 2 aromatic rings. The fraction of sp³-hybridized carbons (Fsp3) is 0.412. The third-order valence-corrected chi connectivity index (χ3v) is 4.00. The molecule has 1 heterocycles. The highest BCUT2D eigenvalue weighted by Gasteiger charge is 2.15. The van der Waals surface area contributed by atoms with E-state index in [4.69, 9.17) is 0 Å². The highest BCUT2D eigenvalue weighted by Crippen LogP contribution is 2.18. The summed E-state index contributed by atoms with van der Waals surface area (Å²) >= 11 is 0. The number of carbonyl (C=O) groups is 1. The van der Waals surface area contributed by atoms with Crippen molar-refractivity contribution in [1.82, 2.24) is 15.1 Å². The Morgan fingerprint density at radius 1 is 1.30 bits per heavy atom. The van der Waals surface area contributed by atoms with Crippen LogP contribution in [0.15, 0.2) is 23.0 Å². The van der Waals surface area contributed by atoms with Gasteiger partial charge in [0.25, 0.3) is 11.5 Å². The molecule has 3 N–H and O–H groups in total. The Morgan fingerprint density at radius 3 is 2.70 bits per heavy atom. The van der Waals surface area contributed by atoms with Gasteiger partial charge < -0.3 is 10.6 Å². The summed E-state index contributed by atoms with van der Waals surface area (Å²) in [6, 6.07) is 5.60. The molecule has 124 valence electrons. The number of nitrogens with one attached hydrogen (secondary N) is 3. The van der Waals surface area contributed by atoms with Gasteiger partial charge in [0, 0.05) is 30.5 Å². The number of benzene rings is 1. The van der Waals surface area contributed by atoms with E-state index in [2.05, 4.69) is 15.7 Å². The molecule has 0 saturated heterocycles. The van der Waals surface area contributed by atoms with E-state index in [-0.39, 0.29) is 18.0 Å². The van der Waals surface area contributed by atoms with Gasteiger partial charge in [-0.2, -0.15) is 0 Å². The van der Waals surface area contributed by atoms with E-state index in [0.29, 0.717) is 11.1 Å². The van der Waals surface area contributed by atoms with Crippen molar-refractivity contribution in [2.75, 3.05) is 11.9 Å². The number of hydrogen-bond acceptors (Lipinski definition) is 3. The smallest absolute Gasteiger partial charge is 0.269 e. The van der Waals surface area contributed by atoms with Gasteiger partial charge >= 0.3 is 0 Å². The van der Waals surface area contributed by atoms with Gasteiger partial charge in [0.15, 0.2) is 0 Å². The van der Waals surface area contributed by atoms with Crippen molar-refractivity contribution in [2.24, 2.45) is 7.05 Å². The Bertz CT molecular complexity index is 758. The summed E-state index contributed by atoms with van der Waals surface area (Å²) in [6.07, 6.45) is 0.732. The number of aryl methyl sites for hydroxylation is 1. The average Bonchev–Trinajstić information content (AvgIpc) is 2.80. The molecule has 23 heavy (non-hydrogen) atoms. The molecule has 0 aliphatic carbocycles. The molecule has 0 saturated carbocycles. The van der Waals surface area contributed by atoms with E-state index >= 15 is 0 Å². The SMILES string of the molecule is CCNc1cccc(C(=O)NCc2c(CC)n(C)[nH]c2=O)c1C. The molecule has 2 rings (SSSR count). The maximum atomic E-state index is 12.5. The number of H-pyrrole nitrogens is 1. The second-order valence-corrected chi connectivity index (χ2v) is 5.47. The van der Waals surface area contributed by atoms with Crippen LogP contribution in [0.3, 0.4) is 0 Å². The summed E-state index contributed by atoms with van der Waals surface area (Å²) in [5.74, 6) is -0.174. The minimum absolute atomic E-state index is 0.150. The van der Waals surface area contributed by atoms with E-state index in [1.165, 1.54) is 0 Å². The van der Waals surface area contributed by atoms with Crippen molar-refractivity contribution in [3.63, 3.8) is 0 Å². The van der Waals surface area contributed by atoms with Crippen molar-refractivity contribution in [2.45, 2.75) is 33.7 Å². The van der Waals surface area contributed by atoms with E-state index in [0.717, 1.165) is 29.9 Å². The maximum absolute atomic E-state index is 12.5. The first-order chi connectivity index (χ1) is 11.0. The number of hydrogen-bond donors (Lipinski definition) is 3. The Labute approximate surface area is 135 Å². The second kappa shape index (κ2) is 7.17. The second-order valence-electron chi connectivity index (χ2n) is 5.47. The molecule has 6 heteroatoms. The summed E-state index contributed by atoms with van der Waals surface area (Å²) in [5, 5.41) is 8.82. The van der Waals surface area contributed by atoms with Gasteiger partial charge in [0.05, 0.1) is 12.1 Å². The molecule has 0 unspecified atom stereocenters. The molecule has 1 aromatic carbocycles. The summed E-state index contributed by atoms with van der Waals surface area (Å²) < 4.78 is 1.71. The first kappa shape index (κ1) is 16.9. The monoisotopic (exact) mass is 316 g/mol. The van der Waals surface area contributed by atoms with Gasteiger partial charge in [0.2, 0.25) is 0 Å². The molecule has 6 nitrogen and oxygen atoms in total. The van der Waals surface area contributed by atoms with Crippen LogP contribution in [0.25, 0.3) is 0 Å². The highest BCUT2D eigenvalue weighted by atomic mass is 16.2. The van der Waals surface area contributed by atoms with Crippen LogP contribution in [0, 0.1) is 6.92 Å². The fourth-order valence-electron chi connectivity index (χ4n) is 2.78. The van der Waals surface area contributed by atoms with E-state index in [9.17, 15) is 9.59 Å².